The summed E-state index contributed by atoms with van der Waals surface area (Å²) in [5.74, 6) is -0.947. The van der Waals surface area contributed by atoms with Gasteiger partial charge in [-0.15, -0.1) is 0 Å². The fourth-order valence-electron chi connectivity index (χ4n) is 4.42. The second-order valence-electron chi connectivity index (χ2n) is 9.66. The van der Waals surface area contributed by atoms with Crippen LogP contribution in [0.4, 0.5) is 0 Å². The van der Waals surface area contributed by atoms with Crippen molar-refractivity contribution >= 4 is 23.6 Å². The van der Waals surface area contributed by atoms with E-state index in [1.54, 1.807) is 61.5 Å². The zero-order chi connectivity index (χ0) is 28.5. The molecule has 10 nitrogen and oxygen atoms in total. The SMILES string of the molecule is C[C@H](NC(=O)[C@H]1C[C@H](c2cccc(CO)c2)CN1)C(=O)NCc1ccc(C(N)=NOC(=O)c2ccccc2)cc1. The lowest BCUT2D eigenvalue weighted by Gasteiger charge is -2.17. The van der Waals surface area contributed by atoms with E-state index in [1.807, 2.05) is 24.3 Å². The summed E-state index contributed by atoms with van der Waals surface area (Å²) in [6.07, 6.45) is 0.610. The van der Waals surface area contributed by atoms with Gasteiger partial charge in [-0.3, -0.25) is 9.59 Å². The Hall–Kier alpha value is -4.54. The molecule has 1 heterocycles. The minimum Gasteiger partial charge on any atom is -0.392 e. The summed E-state index contributed by atoms with van der Waals surface area (Å²) in [5.41, 5.74) is 9.59. The first-order valence-electron chi connectivity index (χ1n) is 13.0. The molecule has 3 atom stereocenters. The van der Waals surface area contributed by atoms with Crippen LogP contribution < -0.4 is 21.7 Å². The summed E-state index contributed by atoms with van der Waals surface area (Å²) in [5, 5.41) is 21.9. The number of hydrogen-bond donors (Lipinski definition) is 5. The highest BCUT2D eigenvalue weighted by Gasteiger charge is 2.31. The number of carbonyl (C=O) groups excluding carboxylic acids is 3. The predicted molar refractivity (Wildman–Crippen MR) is 150 cm³/mol. The first-order chi connectivity index (χ1) is 19.3. The molecule has 1 saturated heterocycles. The van der Waals surface area contributed by atoms with E-state index in [2.05, 4.69) is 21.1 Å². The zero-order valence-corrected chi connectivity index (χ0v) is 22.2. The van der Waals surface area contributed by atoms with Crippen LogP contribution in [0, 0.1) is 0 Å². The molecule has 0 radical (unpaired) electrons. The molecule has 0 aliphatic carbocycles. The first-order valence-corrected chi connectivity index (χ1v) is 13.0. The molecule has 0 spiro atoms. The molecule has 4 rings (SSSR count). The Labute approximate surface area is 232 Å². The molecule has 3 aromatic rings. The highest BCUT2D eigenvalue weighted by atomic mass is 16.7. The van der Waals surface area contributed by atoms with E-state index in [-0.39, 0.29) is 36.7 Å². The number of aliphatic hydroxyl groups is 1. The van der Waals surface area contributed by atoms with Crippen molar-refractivity contribution in [2.24, 2.45) is 10.9 Å². The van der Waals surface area contributed by atoms with Crippen molar-refractivity contribution in [3.05, 3.63) is 107 Å². The van der Waals surface area contributed by atoms with Gasteiger partial charge in [-0.05, 0) is 48.1 Å². The Balaban J connectivity index is 1.22. The lowest BCUT2D eigenvalue weighted by atomic mass is 9.94. The second kappa shape index (κ2) is 13.5. The third-order valence-electron chi connectivity index (χ3n) is 6.76. The molecule has 1 aliphatic heterocycles. The smallest absolute Gasteiger partial charge is 0.365 e. The fraction of sp³-hybridized carbons (Fsp3) is 0.267. The second-order valence-corrected chi connectivity index (χ2v) is 9.66. The highest BCUT2D eigenvalue weighted by molar-refractivity contribution is 5.98. The third kappa shape index (κ3) is 7.52. The van der Waals surface area contributed by atoms with Gasteiger partial charge in [-0.2, -0.15) is 0 Å². The minimum atomic E-state index is -0.715. The van der Waals surface area contributed by atoms with Crippen molar-refractivity contribution in [3.8, 4) is 0 Å². The summed E-state index contributed by atoms with van der Waals surface area (Å²) in [6.45, 7) is 2.52. The average Bonchev–Trinajstić information content (AvgIpc) is 3.50. The van der Waals surface area contributed by atoms with Gasteiger partial charge in [0.2, 0.25) is 11.8 Å². The quantitative estimate of drug-likeness (QED) is 0.113. The topological polar surface area (TPSA) is 155 Å². The summed E-state index contributed by atoms with van der Waals surface area (Å²) in [6, 6.07) is 22.0. The van der Waals surface area contributed by atoms with Crippen LogP contribution in [-0.4, -0.2) is 47.4 Å². The van der Waals surface area contributed by atoms with E-state index in [1.165, 1.54) is 0 Å². The number of nitrogens with zero attached hydrogens (tertiary/aromatic N) is 1. The van der Waals surface area contributed by atoms with Gasteiger partial charge < -0.3 is 31.6 Å². The molecule has 2 amide bonds. The summed E-state index contributed by atoms with van der Waals surface area (Å²) in [4.78, 5) is 42.3. The molecule has 6 N–H and O–H groups in total. The summed E-state index contributed by atoms with van der Waals surface area (Å²) < 4.78 is 0. The number of rotatable bonds is 10. The maximum absolute atomic E-state index is 12.8. The van der Waals surface area contributed by atoms with Crippen molar-refractivity contribution in [2.45, 2.75) is 44.5 Å². The normalized spacial score (nSPS) is 17.6. The number of amidine groups is 1. The van der Waals surface area contributed by atoms with Crippen molar-refractivity contribution in [1.29, 1.82) is 0 Å². The Bertz CT molecular complexity index is 1360. The minimum absolute atomic E-state index is 0.0245. The number of nitrogens with one attached hydrogen (secondary N) is 3. The number of carbonyl (C=O) groups is 3. The Morgan fingerprint density at radius 1 is 1.02 bits per heavy atom. The van der Waals surface area contributed by atoms with Crippen LogP contribution in [0.5, 0.6) is 0 Å². The van der Waals surface area contributed by atoms with Gasteiger partial charge in [0.25, 0.3) is 0 Å². The van der Waals surface area contributed by atoms with E-state index in [9.17, 15) is 19.5 Å². The van der Waals surface area contributed by atoms with Crippen molar-refractivity contribution in [2.75, 3.05) is 6.54 Å². The fourth-order valence-corrected chi connectivity index (χ4v) is 4.42. The van der Waals surface area contributed by atoms with Gasteiger partial charge in [0.05, 0.1) is 18.2 Å². The van der Waals surface area contributed by atoms with Gasteiger partial charge in [0.15, 0.2) is 5.84 Å². The van der Waals surface area contributed by atoms with E-state index in [0.29, 0.717) is 24.1 Å². The van der Waals surface area contributed by atoms with Gasteiger partial charge in [0.1, 0.15) is 6.04 Å². The molecular weight excluding hydrogens is 510 g/mol. The van der Waals surface area contributed by atoms with Gasteiger partial charge in [-0.25, -0.2) is 4.79 Å². The van der Waals surface area contributed by atoms with Crippen molar-refractivity contribution in [1.82, 2.24) is 16.0 Å². The van der Waals surface area contributed by atoms with Gasteiger partial charge in [-0.1, -0.05) is 71.9 Å². The largest absolute Gasteiger partial charge is 0.392 e. The lowest BCUT2D eigenvalue weighted by Crippen LogP contribution is -2.49. The standard InChI is InChI=1S/C30H33N5O5/c1-19(34-29(38)26-15-25(17-32-26)24-9-5-6-21(14-24)18-36)28(37)33-16-20-10-12-22(13-11-20)27(31)35-40-30(39)23-7-3-2-4-8-23/h2-14,19,25-26,32,36H,15-18H2,1H3,(H2,31,35)(H,33,37)(H,34,38)/t19-,25-,26+/m0/s1. The maximum Gasteiger partial charge on any atom is 0.365 e. The molecule has 0 saturated carbocycles. The molecular formula is C30H33N5O5. The van der Waals surface area contributed by atoms with Gasteiger partial charge >= 0.3 is 5.97 Å². The van der Waals surface area contributed by atoms with E-state index in [0.717, 1.165) is 16.7 Å². The number of hydrogen-bond acceptors (Lipinski definition) is 7. The van der Waals surface area contributed by atoms with E-state index >= 15 is 0 Å². The number of nitrogens with two attached hydrogens (primary N) is 1. The van der Waals surface area contributed by atoms with Crippen LogP contribution in [0.15, 0.2) is 84.0 Å². The first kappa shape index (κ1) is 28.5. The van der Waals surface area contributed by atoms with Crippen LogP contribution in [0.25, 0.3) is 0 Å². The van der Waals surface area contributed by atoms with Crippen molar-refractivity contribution < 1.29 is 24.3 Å². The Kier molecular flexibility index (Phi) is 9.61. The van der Waals surface area contributed by atoms with Crippen LogP contribution in [0.1, 0.15) is 51.9 Å². The third-order valence-corrected chi connectivity index (χ3v) is 6.76. The van der Waals surface area contributed by atoms with Crippen LogP contribution in [0.3, 0.4) is 0 Å². The molecule has 1 aliphatic rings. The molecule has 0 unspecified atom stereocenters. The maximum atomic E-state index is 12.8. The number of oxime groups is 1. The number of amides is 2. The monoisotopic (exact) mass is 543 g/mol. The van der Waals surface area contributed by atoms with Crippen LogP contribution in [-0.2, 0) is 27.6 Å². The molecule has 3 aromatic carbocycles. The predicted octanol–water partition coefficient (Wildman–Crippen LogP) is 1.92. The average molecular weight is 544 g/mol. The van der Waals surface area contributed by atoms with E-state index < -0.39 is 18.1 Å². The summed E-state index contributed by atoms with van der Waals surface area (Å²) >= 11 is 0. The van der Waals surface area contributed by atoms with Crippen LogP contribution in [0.2, 0.25) is 0 Å². The molecule has 0 bridgehead atoms. The molecule has 208 valence electrons. The molecule has 40 heavy (non-hydrogen) atoms. The van der Waals surface area contributed by atoms with Crippen molar-refractivity contribution in [3.63, 3.8) is 0 Å². The summed E-state index contributed by atoms with van der Waals surface area (Å²) in [7, 11) is 0. The highest BCUT2D eigenvalue weighted by Crippen LogP contribution is 2.26. The van der Waals surface area contributed by atoms with Gasteiger partial charge in [0, 0.05) is 18.7 Å². The van der Waals surface area contributed by atoms with E-state index in [4.69, 9.17) is 10.6 Å². The number of benzene rings is 3. The molecule has 10 heteroatoms. The molecule has 1 fully saturated rings. The Morgan fingerprint density at radius 2 is 1.77 bits per heavy atom. The Morgan fingerprint density at radius 3 is 2.50 bits per heavy atom. The molecule has 0 aromatic heterocycles. The number of aliphatic hydroxyl groups excluding tert-OH is 1. The lowest BCUT2D eigenvalue weighted by molar-refractivity contribution is -0.129. The van der Waals surface area contributed by atoms with Crippen LogP contribution >= 0.6 is 0 Å². The zero-order valence-electron chi connectivity index (χ0n) is 22.2.